The zero-order valence-electron chi connectivity index (χ0n) is 14.3. The molecule has 1 rings (SSSR count). The Labute approximate surface area is 141 Å². The number of carboxylic acids is 1. The minimum atomic E-state index is -1.13. The van der Waals surface area contributed by atoms with Crippen molar-refractivity contribution in [3.63, 3.8) is 0 Å². The lowest BCUT2D eigenvalue weighted by molar-refractivity contribution is -0.141. The molecule has 0 heterocycles. The average molecular weight is 336 g/mol. The Hall–Kier alpha value is -2.57. The number of rotatable bonds is 8. The van der Waals surface area contributed by atoms with Crippen molar-refractivity contribution in [3.05, 3.63) is 29.8 Å². The molecular formula is C17H24N2O5. The third-order valence-electron chi connectivity index (χ3n) is 3.41. The predicted molar refractivity (Wildman–Crippen MR) is 88.9 cm³/mol. The van der Waals surface area contributed by atoms with E-state index in [9.17, 15) is 14.4 Å². The summed E-state index contributed by atoms with van der Waals surface area (Å²) in [5, 5.41) is 13.9. The minimum Gasteiger partial charge on any atom is -0.497 e. The van der Waals surface area contributed by atoms with Crippen molar-refractivity contribution >= 4 is 17.8 Å². The largest absolute Gasteiger partial charge is 0.497 e. The summed E-state index contributed by atoms with van der Waals surface area (Å²) < 4.78 is 5.04. The molecule has 0 aromatic heterocycles. The standard InChI is InChI=1S/C17H24N2O5/c1-10(2)9-14(16(21)18-11(3)17(22)23)19-15(20)12-5-7-13(24-4)8-6-12/h5-8,10-11,14H,9H2,1-4H3,(H,18,21)(H,19,20)(H,22,23). The van der Waals surface area contributed by atoms with E-state index in [1.54, 1.807) is 24.3 Å². The number of amides is 2. The first-order valence-corrected chi connectivity index (χ1v) is 7.72. The van der Waals surface area contributed by atoms with Crippen LogP contribution in [0.4, 0.5) is 0 Å². The summed E-state index contributed by atoms with van der Waals surface area (Å²) in [4.78, 5) is 35.4. The van der Waals surface area contributed by atoms with Crippen LogP contribution in [0.2, 0.25) is 0 Å². The number of carbonyl (C=O) groups is 3. The normalized spacial score (nSPS) is 13.0. The van der Waals surface area contributed by atoms with Crippen molar-refractivity contribution in [2.24, 2.45) is 5.92 Å². The number of nitrogens with one attached hydrogen (secondary N) is 2. The molecule has 0 aliphatic heterocycles. The predicted octanol–water partition coefficient (Wildman–Crippen LogP) is 1.43. The highest BCUT2D eigenvalue weighted by Crippen LogP contribution is 2.12. The summed E-state index contributed by atoms with van der Waals surface area (Å²) in [6.07, 6.45) is 0.403. The molecule has 2 amide bonds. The molecule has 1 aromatic carbocycles. The van der Waals surface area contributed by atoms with Crippen LogP contribution in [0.3, 0.4) is 0 Å². The lowest BCUT2D eigenvalue weighted by atomic mass is 10.0. The third-order valence-corrected chi connectivity index (χ3v) is 3.41. The van der Waals surface area contributed by atoms with E-state index >= 15 is 0 Å². The lowest BCUT2D eigenvalue weighted by Crippen LogP contribution is -2.51. The molecule has 2 unspecified atom stereocenters. The van der Waals surface area contributed by atoms with Gasteiger partial charge in [-0.15, -0.1) is 0 Å². The molecule has 0 aliphatic rings. The number of hydrogen-bond acceptors (Lipinski definition) is 4. The number of carboxylic acid groups (broad SMARTS) is 1. The minimum absolute atomic E-state index is 0.150. The molecule has 1 aromatic rings. The number of hydrogen-bond donors (Lipinski definition) is 3. The van der Waals surface area contributed by atoms with Gasteiger partial charge in [-0.25, -0.2) is 0 Å². The summed E-state index contributed by atoms with van der Waals surface area (Å²) in [5.74, 6) is -1.27. The van der Waals surface area contributed by atoms with E-state index in [-0.39, 0.29) is 5.92 Å². The topological polar surface area (TPSA) is 105 Å². The number of carbonyl (C=O) groups excluding carboxylic acids is 2. The summed E-state index contributed by atoms with van der Waals surface area (Å²) in [7, 11) is 1.53. The molecule has 132 valence electrons. The summed E-state index contributed by atoms with van der Waals surface area (Å²) in [6.45, 7) is 5.21. The lowest BCUT2D eigenvalue weighted by Gasteiger charge is -2.21. The van der Waals surface area contributed by atoms with Crippen molar-refractivity contribution in [2.45, 2.75) is 39.3 Å². The van der Waals surface area contributed by atoms with Crippen LogP contribution in [0.25, 0.3) is 0 Å². The summed E-state index contributed by atoms with van der Waals surface area (Å²) in [5.41, 5.74) is 0.392. The van der Waals surface area contributed by atoms with E-state index in [1.165, 1.54) is 14.0 Å². The molecule has 24 heavy (non-hydrogen) atoms. The van der Waals surface area contributed by atoms with Crippen LogP contribution in [-0.2, 0) is 9.59 Å². The fourth-order valence-electron chi connectivity index (χ4n) is 2.06. The average Bonchev–Trinajstić information content (AvgIpc) is 2.53. The van der Waals surface area contributed by atoms with Crippen LogP contribution in [0.5, 0.6) is 5.75 Å². The van der Waals surface area contributed by atoms with Crippen LogP contribution >= 0.6 is 0 Å². The van der Waals surface area contributed by atoms with Gasteiger partial charge in [0, 0.05) is 5.56 Å². The number of ether oxygens (including phenoxy) is 1. The van der Waals surface area contributed by atoms with Gasteiger partial charge in [-0.3, -0.25) is 14.4 Å². The monoisotopic (exact) mass is 336 g/mol. The van der Waals surface area contributed by atoms with E-state index in [0.717, 1.165) is 0 Å². The maximum Gasteiger partial charge on any atom is 0.325 e. The van der Waals surface area contributed by atoms with Crippen molar-refractivity contribution in [1.82, 2.24) is 10.6 Å². The zero-order valence-corrected chi connectivity index (χ0v) is 14.3. The van der Waals surface area contributed by atoms with Gasteiger partial charge in [0.15, 0.2) is 0 Å². The Morgan fingerprint density at radius 3 is 2.12 bits per heavy atom. The Morgan fingerprint density at radius 1 is 1.08 bits per heavy atom. The van der Waals surface area contributed by atoms with Crippen LogP contribution in [0.15, 0.2) is 24.3 Å². The van der Waals surface area contributed by atoms with Crippen molar-refractivity contribution in [1.29, 1.82) is 0 Å². The molecule has 0 radical (unpaired) electrons. The second-order valence-electron chi connectivity index (χ2n) is 5.95. The highest BCUT2D eigenvalue weighted by atomic mass is 16.5. The van der Waals surface area contributed by atoms with Gasteiger partial charge in [-0.2, -0.15) is 0 Å². The first-order valence-electron chi connectivity index (χ1n) is 7.72. The van der Waals surface area contributed by atoms with Gasteiger partial charge in [0.05, 0.1) is 7.11 Å². The van der Waals surface area contributed by atoms with Gasteiger partial charge in [-0.05, 0) is 43.5 Å². The Morgan fingerprint density at radius 2 is 1.67 bits per heavy atom. The van der Waals surface area contributed by atoms with E-state index < -0.39 is 29.9 Å². The molecular weight excluding hydrogens is 312 g/mol. The zero-order chi connectivity index (χ0) is 18.3. The highest BCUT2D eigenvalue weighted by Gasteiger charge is 2.25. The molecule has 3 N–H and O–H groups in total. The first-order chi connectivity index (χ1) is 11.2. The molecule has 0 saturated heterocycles. The molecule has 0 spiro atoms. The van der Waals surface area contributed by atoms with Crippen LogP contribution in [0, 0.1) is 5.92 Å². The van der Waals surface area contributed by atoms with Gasteiger partial charge >= 0.3 is 5.97 Å². The Balaban J connectivity index is 2.81. The maximum atomic E-state index is 12.3. The van der Waals surface area contributed by atoms with Gasteiger partial charge in [0.25, 0.3) is 5.91 Å². The van der Waals surface area contributed by atoms with Crippen LogP contribution < -0.4 is 15.4 Å². The quantitative estimate of drug-likeness (QED) is 0.666. The van der Waals surface area contributed by atoms with E-state index in [4.69, 9.17) is 9.84 Å². The Kier molecular flexibility index (Phi) is 7.23. The molecule has 0 fully saturated rings. The van der Waals surface area contributed by atoms with Crippen molar-refractivity contribution < 1.29 is 24.2 Å². The second kappa shape index (κ2) is 8.90. The number of benzene rings is 1. The second-order valence-corrected chi connectivity index (χ2v) is 5.95. The highest BCUT2D eigenvalue weighted by molar-refractivity contribution is 5.98. The third kappa shape index (κ3) is 5.91. The molecule has 0 aliphatic carbocycles. The smallest absolute Gasteiger partial charge is 0.325 e. The van der Waals surface area contributed by atoms with Gasteiger partial charge in [-0.1, -0.05) is 13.8 Å². The number of aliphatic carboxylic acids is 1. The van der Waals surface area contributed by atoms with Crippen molar-refractivity contribution in [3.8, 4) is 5.75 Å². The fourth-order valence-corrected chi connectivity index (χ4v) is 2.06. The summed E-state index contributed by atoms with van der Waals surface area (Å²) >= 11 is 0. The van der Waals surface area contributed by atoms with Crippen LogP contribution in [0.1, 0.15) is 37.6 Å². The van der Waals surface area contributed by atoms with Gasteiger partial charge in [0.2, 0.25) is 5.91 Å². The molecule has 2 atom stereocenters. The van der Waals surface area contributed by atoms with E-state index in [1.807, 2.05) is 13.8 Å². The fraction of sp³-hybridized carbons (Fsp3) is 0.471. The van der Waals surface area contributed by atoms with Crippen LogP contribution in [-0.4, -0.2) is 42.1 Å². The van der Waals surface area contributed by atoms with Gasteiger partial charge < -0.3 is 20.5 Å². The van der Waals surface area contributed by atoms with E-state index in [2.05, 4.69) is 10.6 Å². The Bertz CT molecular complexity index is 583. The first kappa shape index (κ1) is 19.5. The van der Waals surface area contributed by atoms with Gasteiger partial charge in [0.1, 0.15) is 17.8 Å². The molecule has 0 saturated carbocycles. The molecule has 7 heteroatoms. The van der Waals surface area contributed by atoms with E-state index in [0.29, 0.717) is 17.7 Å². The molecule has 7 nitrogen and oxygen atoms in total. The molecule has 0 bridgehead atoms. The number of methoxy groups -OCH3 is 1. The SMILES string of the molecule is COc1ccc(C(=O)NC(CC(C)C)C(=O)NC(C)C(=O)O)cc1. The maximum absolute atomic E-state index is 12.3. The van der Waals surface area contributed by atoms with Crippen molar-refractivity contribution in [2.75, 3.05) is 7.11 Å². The summed E-state index contributed by atoms with van der Waals surface area (Å²) in [6, 6.07) is 4.67.